The predicted molar refractivity (Wildman–Crippen MR) is 80.1 cm³/mol. The molecular formula is C14H14BrClN2O. The minimum atomic E-state index is 0.201. The van der Waals surface area contributed by atoms with Crippen molar-refractivity contribution < 1.29 is 4.74 Å². The van der Waals surface area contributed by atoms with Crippen molar-refractivity contribution in [1.29, 1.82) is 0 Å². The van der Waals surface area contributed by atoms with Crippen LogP contribution in [0.4, 0.5) is 0 Å². The van der Waals surface area contributed by atoms with Crippen molar-refractivity contribution in [2.24, 2.45) is 0 Å². The Labute approximate surface area is 126 Å². The topological polar surface area (TPSA) is 35.0 Å². The summed E-state index contributed by atoms with van der Waals surface area (Å²) in [6.07, 6.45) is 0. The molecule has 0 aliphatic carbocycles. The molecule has 0 spiro atoms. The van der Waals surface area contributed by atoms with Crippen molar-refractivity contribution in [2.75, 3.05) is 0 Å². The first kappa shape index (κ1) is 14.3. The van der Waals surface area contributed by atoms with E-state index in [0.717, 1.165) is 15.8 Å². The van der Waals surface area contributed by atoms with E-state index in [4.69, 9.17) is 16.3 Å². The monoisotopic (exact) mass is 340 g/mol. The molecule has 19 heavy (non-hydrogen) atoms. The Balaban J connectivity index is 2.32. The molecule has 0 fully saturated rings. The largest absolute Gasteiger partial charge is 0.439 e. The molecule has 0 unspecified atom stereocenters. The van der Waals surface area contributed by atoms with Gasteiger partial charge in [0.15, 0.2) is 0 Å². The predicted octanol–water partition coefficient (Wildman–Crippen LogP) is 5.12. The Kier molecular flexibility index (Phi) is 4.42. The van der Waals surface area contributed by atoms with Crippen molar-refractivity contribution >= 4 is 27.5 Å². The Morgan fingerprint density at radius 2 is 1.95 bits per heavy atom. The third kappa shape index (κ3) is 3.67. The first-order chi connectivity index (χ1) is 8.95. The smallest absolute Gasteiger partial charge is 0.224 e. The van der Waals surface area contributed by atoms with Crippen molar-refractivity contribution in [3.63, 3.8) is 0 Å². The van der Waals surface area contributed by atoms with Crippen LogP contribution < -0.4 is 4.74 Å². The lowest BCUT2D eigenvalue weighted by Gasteiger charge is -2.10. The van der Waals surface area contributed by atoms with Crippen LogP contribution in [0.25, 0.3) is 0 Å². The molecule has 0 radical (unpaired) electrons. The average Bonchev–Trinajstić information content (AvgIpc) is 2.32. The van der Waals surface area contributed by atoms with E-state index in [2.05, 4.69) is 25.9 Å². The minimum absolute atomic E-state index is 0.201. The number of aromatic nitrogens is 2. The zero-order valence-electron chi connectivity index (χ0n) is 10.9. The number of hydrogen-bond acceptors (Lipinski definition) is 3. The molecule has 3 nitrogen and oxygen atoms in total. The van der Waals surface area contributed by atoms with Gasteiger partial charge in [0.05, 0.1) is 0 Å². The molecule has 0 N–H and O–H groups in total. The number of nitrogens with zero attached hydrogens (tertiary/aromatic N) is 2. The van der Waals surface area contributed by atoms with Crippen LogP contribution in [-0.2, 0) is 0 Å². The van der Waals surface area contributed by atoms with E-state index in [0.29, 0.717) is 16.9 Å². The second kappa shape index (κ2) is 5.88. The highest BCUT2D eigenvalue weighted by Gasteiger charge is 2.09. The van der Waals surface area contributed by atoms with Gasteiger partial charge in [-0.3, -0.25) is 0 Å². The van der Waals surface area contributed by atoms with Crippen LogP contribution in [0.15, 0.2) is 28.7 Å². The Morgan fingerprint density at radius 3 is 2.58 bits per heavy atom. The summed E-state index contributed by atoms with van der Waals surface area (Å²) in [5.41, 5.74) is 1.02. The quantitative estimate of drug-likeness (QED) is 0.727. The van der Waals surface area contributed by atoms with Crippen LogP contribution in [0.5, 0.6) is 11.6 Å². The lowest BCUT2D eigenvalue weighted by molar-refractivity contribution is 0.453. The number of benzene rings is 1. The Hall–Kier alpha value is -1.13. The van der Waals surface area contributed by atoms with E-state index in [1.165, 1.54) is 0 Å². The summed E-state index contributed by atoms with van der Waals surface area (Å²) in [6, 6.07) is 7.43. The van der Waals surface area contributed by atoms with Gasteiger partial charge in [0.1, 0.15) is 16.7 Å². The lowest BCUT2D eigenvalue weighted by atomic mass is 10.2. The van der Waals surface area contributed by atoms with Gasteiger partial charge in [-0.05, 0) is 30.7 Å². The normalized spacial score (nSPS) is 10.8. The average molecular weight is 342 g/mol. The standard InChI is InChI=1S/C14H14BrClN2O/c1-8(2)14-17-12(16)7-13(18-14)19-11-5-4-10(15)6-9(11)3/h4-8H,1-3H3. The van der Waals surface area contributed by atoms with Gasteiger partial charge in [0, 0.05) is 16.5 Å². The maximum Gasteiger partial charge on any atom is 0.224 e. The third-order valence-electron chi connectivity index (χ3n) is 2.56. The molecule has 1 aromatic carbocycles. The highest BCUT2D eigenvalue weighted by Crippen LogP contribution is 2.28. The number of halogens is 2. The number of aryl methyl sites for hydroxylation is 1. The summed E-state index contributed by atoms with van der Waals surface area (Å²) in [7, 11) is 0. The number of rotatable bonds is 3. The molecular weight excluding hydrogens is 328 g/mol. The Bertz CT molecular complexity index is 602. The molecule has 0 saturated heterocycles. The molecule has 100 valence electrons. The van der Waals surface area contributed by atoms with Gasteiger partial charge < -0.3 is 4.74 Å². The molecule has 2 rings (SSSR count). The zero-order chi connectivity index (χ0) is 14.0. The van der Waals surface area contributed by atoms with Crippen molar-refractivity contribution in [3.8, 4) is 11.6 Å². The fourth-order valence-electron chi connectivity index (χ4n) is 1.56. The Morgan fingerprint density at radius 1 is 1.21 bits per heavy atom. The van der Waals surface area contributed by atoms with Crippen molar-refractivity contribution in [3.05, 3.63) is 45.3 Å². The summed E-state index contributed by atoms with van der Waals surface area (Å²) in [4.78, 5) is 8.54. The van der Waals surface area contributed by atoms with Crippen LogP contribution in [-0.4, -0.2) is 9.97 Å². The molecule has 0 atom stereocenters. The van der Waals surface area contributed by atoms with Crippen molar-refractivity contribution in [2.45, 2.75) is 26.7 Å². The molecule has 0 aliphatic rings. The van der Waals surface area contributed by atoms with Crippen LogP contribution >= 0.6 is 27.5 Å². The number of ether oxygens (including phenoxy) is 1. The molecule has 5 heteroatoms. The van der Waals surface area contributed by atoms with Crippen LogP contribution in [0.3, 0.4) is 0 Å². The highest BCUT2D eigenvalue weighted by atomic mass is 79.9. The maximum absolute atomic E-state index is 5.99. The molecule has 1 heterocycles. The first-order valence-electron chi connectivity index (χ1n) is 5.94. The van der Waals surface area contributed by atoms with Gasteiger partial charge in [0.25, 0.3) is 0 Å². The van der Waals surface area contributed by atoms with Gasteiger partial charge >= 0.3 is 0 Å². The van der Waals surface area contributed by atoms with Crippen LogP contribution in [0.2, 0.25) is 5.15 Å². The summed E-state index contributed by atoms with van der Waals surface area (Å²) in [6.45, 7) is 6.01. The van der Waals surface area contributed by atoms with Crippen LogP contribution in [0.1, 0.15) is 31.2 Å². The van der Waals surface area contributed by atoms with E-state index in [1.807, 2.05) is 39.0 Å². The van der Waals surface area contributed by atoms with Gasteiger partial charge in [0.2, 0.25) is 5.88 Å². The van der Waals surface area contributed by atoms with E-state index in [1.54, 1.807) is 6.07 Å². The zero-order valence-corrected chi connectivity index (χ0v) is 13.3. The van der Waals surface area contributed by atoms with Crippen molar-refractivity contribution in [1.82, 2.24) is 9.97 Å². The molecule has 0 aliphatic heterocycles. The van der Waals surface area contributed by atoms with Gasteiger partial charge in [-0.25, -0.2) is 4.98 Å². The highest BCUT2D eigenvalue weighted by molar-refractivity contribution is 9.10. The van der Waals surface area contributed by atoms with E-state index >= 15 is 0 Å². The molecule has 2 aromatic rings. The number of hydrogen-bond donors (Lipinski definition) is 0. The van der Waals surface area contributed by atoms with Gasteiger partial charge in [-0.1, -0.05) is 41.4 Å². The molecule has 0 amide bonds. The lowest BCUT2D eigenvalue weighted by Crippen LogP contribution is -2.00. The molecule has 0 bridgehead atoms. The first-order valence-corrected chi connectivity index (χ1v) is 7.11. The maximum atomic E-state index is 5.99. The van der Waals surface area contributed by atoms with Crippen LogP contribution in [0, 0.1) is 6.92 Å². The summed E-state index contributed by atoms with van der Waals surface area (Å²) < 4.78 is 6.79. The molecule has 0 saturated carbocycles. The molecule has 1 aromatic heterocycles. The second-order valence-corrected chi connectivity index (χ2v) is 5.86. The van der Waals surface area contributed by atoms with E-state index in [9.17, 15) is 0 Å². The fourth-order valence-corrected chi connectivity index (χ4v) is 2.22. The second-order valence-electron chi connectivity index (χ2n) is 4.55. The summed E-state index contributed by atoms with van der Waals surface area (Å²) in [5.74, 6) is 2.10. The van der Waals surface area contributed by atoms with Gasteiger partial charge in [-0.2, -0.15) is 4.98 Å². The van der Waals surface area contributed by atoms with Gasteiger partial charge in [-0.15, -0.1) is 0 Å². The van der Waals surface area contributed by atoms with E-state index in [-0.39, 0.29) is 5.92 Å². The van der Waals surface area contributed by atoms with E-state index < -0.39 is 0 Å². The SMILES string of the molecule is Cc1cc(Br)ccc1Oc1cc(Cl)nc(C(C)C)n1. The summed E-state index contributed by atoms with van der Waals surface area (Å²) >= 11 is 9.41. The fraction of sp³-hybridized carbons (Fsp3) is 0.286. The summed E-state index contributed by atoms with van der Waals surface area (Å²) in [5, 5.41) is 0.392. The third-order valence-corrected chi connectivity index (χ3v) is 3.24. The minimum Gasteiger partial charge on any atom is -0.439 e.